The lowest BCUT2D eigenvalue weighted by Gasteiger charge is -2.13. The number of rotatable bonds is 6. The maximum absolute atomic E-state index is 11.9. The number of aryl methyl sites for hydroxylation is 2. The molecule has 1 aliphatic rings. The Morgan fingerprint density at radius 1 is 1.43 bits per heavy atom. The van der Waals surface area contributed by atoms with Crippen LogP contribution < -0.4 is 10.6 Å². The van der Waals surface area contributed by atoms with Gasteiger partial charge in [-0.2, -0.15) is 5.10 Å². The van der Waals surface area contributed by atoms with Crippen LogP contribution >= 0.6 is 11.3 Å². The second kappa shape index (κ2) is 6.66. The molecule has 2 heterocycles. The Kier molecular flexibility index (Phi) is 4.61. The molecule has 1 saturated carbocycles. The Hall–Kier alpha value is -1.96. The Morgan fingerprint density at radius 2 is 2.22 bits per heavy atom. The molecular formula is C15H22N6OS. The number of carbonyl (C=O) groups is 1. The first-order valence-electron chi connectivity index (χ1n) is 7.90. The number of carbonyl (C=O) groups excluding carboxylic acids is 1. The van der Waals surface area contributed by atoms with Crippen molar-refractivity contribution in [2.45, 2.75) is 46.1 Å². The highest BCUT2D eigenvalue weighted by molar-refractivity contribution is 7.15. The van der Waals surface area contributed by atoms with Crippen molar-refractivity contribution in [1.29, 1.82) is 0 Å². The molecule has 0 saturated heterocycles. The molecule has 124 valence electrons. The summed E-state index contributed by atoms with van der Waals surface area (Å²) in [6.07, 6.45) is 2.37. The van der Waals surface area contributed by atoms with Gasteiger partial charge in [0.1, 0.15) is 5.01 Å². The lowest BCUT2D eigenvalue weighted by atomic mass is 10.2. The van der Waals surface area contributed by atoms with Crippen molar-refractivity contribution in [2.24, 2.45) is 5.92 Å². The van der Waals surface area contributed by atoms with Crippen molar-refractivity contribution < 1.29 is 4.79 Å². The molecule has 8 heteroatoms. The van der Waals surface area contributed by atoms with E-state index in [1.807, 2.05) is 18.5 Å². The minimum absolute atomic E-state index is 0.233. The molecule has 2 aromatic rings. The van der Waals surface area contributed by atoms with Crippen molar-refractivity contribution in [2.75, 3.05) is 11.9 Å². The van der Waals surface area contributed by atoms with Gasteiger partial charge in [-0.3, -0.25) is 10.00 Å². The van der Waals surface area contributed by atoms with Gasteiger partial charge in [-0.1, -0.05) is 18.3 Å². The van der Waals surface area contributed by atoms with Crippen LogP contribution in [0.2, 0.25) is 0 Å². The van der Waals surface area contributed by atoms with Gasteiger partial charge in [0.2, 0.25) is 5.13 Å². The van der Waals surface area contributed by atoms with Crippen LogP contribution in [0.25, 0.3) is 0 Å². The molecule has 2 N–H and O–H groups in total. The van der Waals surface area contributed by atoms with Crippen molar-refractivity contribution in [3.05, 3.63) is 22.5 Å². The zero-order valence-electron chi connectivity index (χ0n) is 13.7. The molecule has 23 heavy (non-hydrogen) atoms. The van der Waals surface area contributed by atoms with E-state index in [1.165, 1.54) is 24.2 Å². The largest absolute Gasteiger partial charge is 0.337 e. The van der Waals surface area contributed by atoms with E-state index in [0.29, 0.717) is 17.6 Å². The fourth-order valence-electron chi connectivity index (χ4n) is 2.41. The predicted octanol–water partition coefficient (Wildman–Crippen LogP) is 2.69. The van der Waals surface area contributed by atoms with Crippen LogP contribution in [-0.2, 0) is 6.54 Å². The van der Waals surface area contributed by atoms with Crippen LogP contribution in [0.1, 0.15) is 42.1 Å². The molecule has 0 aromatic carbocycles. The summed E-state index contributed by atoms with van der Waals surface area (Å²) in [6.45, 7) is 7.48. The lowest BCUT2D eigenvalue weighted by Crippen LogP contribution is -2.33. The zero-order valence-corrected chi connectivity index (χ0v) is 14.5. The number of amides is 2. The van der Waals surface area contributed by atoms with Gasteiger partial charge in [-0.15, -0.1) is 10.2 Å². The molecule has 0 spiro atoms. The molecule has 0 bridgehead atoms. The van der Waals surface area contributed by atoms with Crippen molar-refractivity contribution in [3.8, 4) is 0 Å². The standard InChI is InChI=1S/C15H22N6OS/c1-9(8-21-11(3)6-10(2)20-21)7-16-14(22)17-15-19-18-13(23-15)12-4-5-12/h6,9,12H,4-5,7-8H2,1-3H3,(H2,16,17,19,22)/t9-/m0/s1. The van der Waals surface area contributed by atoms with Crippen LogP contribution in [0.4, 0.5) is 9.93 Å². The number of aromatic nitrogens is 4. The summed E-state index contributed by atoms with van der Waals surface area (Å²) in [5, 5.41) is 19.8. The maximum Gasteiger partial charge on any atom is 0.321 e. The Balaban J connectivity index is 1.43. The van der Waals surface area contributed by atoms with E-state index in [4.69, 9.17) is 0 Å². The number of nitrogens with one attached hydrogen (secondary N) is 2. The van der Waals surface area contributed by atoms with Gasteiger partial charge in [-0.25, -0.2) is 4.79 Å². The van der Waals surface area contributed by atoms with Crippen LogP contribution in [0.5, 0.6) is 0 Å². The summed E-state index contributed by atoms with van der Waals surface area (Å²) in [6, 6.07) is 1.82. The average molecular weight is 334 g/mol. The fourth-order valence-corrected chi connectivity index (χ4v) is 3.32. The molecular weight excluding hydrogens is 312 g/mol. The number of urea groups is 1. The van der Waals surface area contributed by atoms with Gasteiger partial charge < -0.3 is 5.32 Å². The Labute approximate surface area is 139 Å². The number of nitrogens with zero attached hydrogens (tertiary/aromatic N) is 4. The third-order valence-electron chi connectivity index (χ3n) is 3.79. The summed E-state index contributed by atoms with van der Waals surface area (Å²) >= 11 is 1.47. The molecule has 1 aliphatic carbocycles. The lowest BCUT2D eigenvalue weighted by molar-refractivity contribution is 0.249. The zero-order chi connectivity index (χ0) is 16.4. The predicted molar refractivity (Wildman–Crippen MR) is 89.8 cm³/mol. The van der Waals surface area contributed by atoms with E-state index >= 15 is 0 Å². The highest BCUT2D eigenvalue weighted by Crippen LogP contribution is 2.41. The summed E-state index contributed by atoms with van der Waals surface area (Å²) in [5.41, 5.74) is 2.16. The van der Waals surface area contributed by atoms with Gasteiger partial charge in [0.15, 0.2) is 0 Å². The number of anilines is 1. The first-order valence-corrected chi connectivity index (χ1v) is 8.72. The molecule has 1 atom stereocenters. The normalized spacial score (nSPS) is 15.4. The first kappa shape index (κ1) is 15.9. The molecule has 7 nitrogen and oxygen atoms in total. The summed E-state index contributed by atoms with van der Waals surface area (Å²) in [5.74, 6) is 0.849. The molecule has 3 rings (SSSR count). The molecule has 0 unspecified atom stereocenters. The highest BCUT2D eigenvalue weighted by Gasteiger charge is 2.27. The summed E-state index contributed by atoms with van der Waals surface area (Å²) in [4.78, 5) is 11.9. The topological polar surface area (TPSA) is 84.7 Å². The molecule has 0 aliphatic heterocycles. The van der Waals surface area contributed by atoms with Crippen molar-refractivity contribution in [3.63, 3.8) is 0 Å². The second-order valence-corrected chi connectivity index (χ2v) is 7.28. The van der Waals surface area contributed by atoms with Crippen LogP contribution in [0, 0.1) is 19.8 Å². The minimum atomic E-state index is -0.233. The first-order chi connectivity index (χ1) is 11.0. The highest BCUT2D eigenvalue weighted by atomic mass is 32.1. The number of hydrogen-bond donors (Lipinski definition) is 2. The average Bonchev–Trinajstić information content (AvgIpc) is 3.16. The van der Waals surface area contributed by atoms with E-state index in [2.05, 4.69) is 38.9 Å². The minimum Gasteiger partial charge on any atom is -0.337 e. The van der Waals surface area contributed by atoms with Gasteiger partial charge in [0, 0.05) is 24.7 Å². The van der Waals surface area contributed by atoms with E-state index < -0.39 is 0 Å². The van der Waals surface area contributed by atoms with E-state index in [9.17, 15) is 4.79 Å². The summed E-state index contributed by atoms with van der Waals surface area (Å²) in [7, 11) is 0. The Bertz CT molecular complexity index is 690. The van der Waals surface area contributed by atoms with Crippen molar-refractivity contribution >= 4 is 22.5 Å². The summed E-state index contributed by atoms with van der Waals surface area (Å²) < 4.78 is 1.98. The van der Waals surface area contributed by atoms with E-state index in [0.717, 1.165) is 22.9 Å². The second-order valence-electron chi connectivity index (χ2n) is 6.27. The SMILES string of the molecule is Cc1cc(C)n(C[C@@H](C)CNC(=O)Nc2nnc(C3CC3)s2)n1. The van der Waals surface area contributed by atoms with Gasteiger partial charge >= 0.3 is 6.03 Å². The molecule has 0 radical (unpaired) electrons. The third kappa shape index (κ3) is 4.28. The third-order valence-corrected chi connectivity index (χ3v) is 4.79. The van der Waals surface area contributed by atoms with Gasteiger partial charge in [-0.05, 0) is 38.7 Å². The number of hydrogen-bond acceptors (Lipinski definition) is 5. The monoisotopic (exact) mass is 334 g/mol. The van der Waals surface area contributed by atoms with E-state index in [-0.39, 0.29) is 11.9 Å². The smallest absolute Gasteiger partial charge is 0.321 e. The van der Waals surface area contributed by atoms with Crippen LogP contribution in [-0.4, -0.2) is 32.6 Å². The Morgan fingerprint density at radius 3 is 2.87 bits per heavy atom. The molecule has 2 aromatic heterocycles. The van der Waals surface area contributed by atoms with E-state index in [1.54, 1.807) is 0 Å². The molecule has 1 fully saturated rings. The van der Waals surface area contributed by atoms with Gasteiger partial charge in [0.25, 0.3) is 0 Å². The fraction of sp³-hybridized carbons (Fsp3) is 0.600. The van der Waals surface area contributed by atoms with Gasteiger partial charge in [0.05, 0.1) is 5.69 Å². The maximum atomic E-state index is 11.9. The molecule has 2 amide bonds. The quantitative estimate of drug-likeness (QED) is 0.850. The van der Waals surface area contributed by atoms with Crippen molar-refractivity contribution in [1.82, 2.24) is 25.3 Å². The van der Waals surface area contributed by atoms with Crippen LogP contribution in [0.15, 0.2) is 6.07 Å². The van der Waals surface area contributed by atoms with Crippen LogP contribution in [0.3, 0.4) is 0 Å².